The number of unbranched alkanes of at least 4 members (excludes halogenated alkanes) is 1. The number of rotatable bonds is 15. The van der Waals surface area contributed by atoms with Gasteiger partial charge in [0.2, 0.25) is 0 Å². The maximum absolute atomic E-state index is 5.51. The molecule has 0 bridgehead atoms. The highest BCUT2D eigenvalue weighted by Gasteiger charge is 2.03. The Hall–Kier alpha value is -0.160. The van der Waals surface area contributed by atoms with Gasteiger partial charge in [0.1, 0.15) is 0 Å². The van der Waals surface area contributed by atoms with Crippen LogP contribution in [-0.2, 0) is 14.2 Å². The van der Waals surface area contributed by atoms with Crippen molar-refractivity contribution in [2.45, 2.75) is 53.0 Å². The molecule has 0 heterocycles. The van der Waals surface area contributed by atoms with E-state index in [9.17, 15) is 0 Å². The SMILES string of the molecule is CCCCOCCOCCOCCNC(C)CC(C)C. The summed E-state index contributed by atoms with van der Waals surface area (Å²) in [6.07, 6.45) is 3.52. The highest BCUT2D eigenvalue weighted by Crippen LogP contribution is 2.02. The largest absolute Gasteiger partial charge is 0.379 e. The number of ether oxygens (including phenoxy) is 3. The van der Waals surface area contributed by atoms with Crippen molar-refractivity contribution in [1.29, 1.82) is 0 Å². The number of hydrogen-bond acceptors (Lipinski definition) is 4. The Morgan fingerprint density at radius 1 is 0.800 bits per heavy atom. The van der Waals surface area contributed by atoms with Gasteiger partial charge in [-0.25, -0.2) is 0 Å². The molecule has 4 nitrogen and oxygen atoms in total. The zero-order valence-corrected chi connectivity index (χ0v) is 14.0. The van der Waals surface area contributed by atoms with Gasteiger partial charge in [0.05, 0.1) is 33.0 Å². The first-order chi connectivity index (χ1) is 9.66. The second-order valence-electron chi connectivity index (χ2n) is 5.68. The fourth-order valence-corrected chi connectivity index (χ4v) is 1.96. The van der Waals surface area contributed by atoms with Crippen molar-refractivity contribution < 1.29 is 14.2 Å². The van der Waals surface area contributed by atoms with E-state index >= 15 is 0 Å². The summed E-state index contributed by atoms with van der Waals surface area (Å²) in [6.45, 7) is 14.1. The van der Waals surface area contributed by atoms with Crippen LogP contribution < -0.4 is 5.32 Å². The van der Waals surface area contributed by atoms with Gasteiger partial charge in [-0.2, -0.15) is 0 Å². The normalized spacial score (nSPS) is 13.1. The van der Waals surface area contributed by atoms with Gasteiger partial charge in [-0.3, -0.25) is 0 Å². The van der Waals surface area contributed by atoms with Crippen molar-refractivity contribution in [3.8, 4) is 0 Å². The molecule has 1 N–H and O–H groups in total. The molecule has 0 fully saturated rings. The third-order valence-electron chi connectivity index (χ3n) is 2.95. The summed E-state index contributed by atoms with van der Waals surface area (Å²) in [5, 5.41) is 3.46. The molecule has 20 heavy (non-hydrogen) atoms. The molecule has 1 atom stereocenters. The van der Waals surface area contributed by atoms with E-state index in [-0.39, 0.29) is 0 Å². The van der Waals surface area contributed by atoms with Crippen molar-refractivity contribution in [3.05, 3.63) is 0 Å². The summed E-state index contributed by atoms with van der Waals surface area (Å²) in [5.74, 6) is 0.742. The summed E-state index contributed by atoms with van der Waals surface area (Å²) < 4.78 is 16.3. The van der Waals surface area contributed by atoms with Gasteiger partial charge in [-0.1, -0.05) is 27.2 Å². The molecule has 0 spiro atoms. The molecule has 0 saturated heterocycles. The monoisotopic (exact) mass is 289 g/mol. The minimum Gasteiger partial charge on any atom is -0.379 e. The molecular formula is C16H35NO3. The Balaban J connectivity index is 3.06. The molecule has 0 aliphatic rings. The minimum atomic E-state index is 0.565. The van der Waals surface area contributed by atoms with Crippen molar-refractivity contribution in [2.75, 3.05) is 46.2 Å². The molecule has 0 aromatic rings. The molecule has 0 radical (unpaired) electrons. The van der Waals surface area contributed by atoms with E-state index in [0.717, 1.165) is 32.1 Å². The highest BCUT2D eigenvalue weighted by molar-refractivity contribution is 4.62. The zero-order chi connectivity index (χ0) is 15.1. The Kier molecular flexibility index (Phi) is 15.1. The van der Waals surface area contributed by atoms with E-state index in [2.05, 4.69) is 33.0 Å². The molecule has 1 unspecified atom stereocenters. The van der Waals surface area contributed by atoms with Crippen LogP contribution in [0.15, 0.2) is 0 Å². The van der Waals surface area contributed by atoms with Gasteiger partial charge in [0.15, 0.2) is 0 Å². The number of hydrogen-bond donors (Lipinski definition) is 1. The lowest BCUT2D eigenvalue weighted by Crippen LogP contribution is -2.30. The van der Waals surface area contributed by atoms with Crippen LogP contribution in [0.2, 0.25) is 0 Å². The summed E-state index contributed by atoms with van der Waals surface area (Å²) in [5.41, 5.74) is 0. The summed E-state index contributed by atoms with van der Waals surface area (Å²) in [7, 11) is 0. The van der Waals surface area contributed by atoms with Crippen molar-refractivity contribution in [2.24, 2.45) is 5.92 Å². The quantitative estimate of drug-likeness (QED) is 0.471. The van der Waals surface area contributed by atoms with Crippen LogP contribution in [0.25, 0.3) is 0 Å². The van der Waals surface area contributed by atoms with Gasteiger partial charge in [0, 0.05) is 19.2 Å². The molecule has 0 aromatic carbocycles. The third-order valence-corrected chi connectivity index (χ3v) is 2.95. The van der Waals surface area contributed by atoms with Crippen molar-refractivity contribution >= 4 is 0 Å². The summed E-state index contributed by atoms with van der Waals surface area (Å²) in [4.78, 5) is 0. The molecule has 0 aliphatic carbocycles. The van der Waals surface area contributed by atoms with E-state index < -0.39 is 0 Å². The fourth-order valence-electron chi connectivity index (χ4n) is 1.96. The van der Waals surface area contributed by atoms with Crippen LogP contribution in [0.3, 0.4) is 0 Å². The zero-order valence-electron chi connectivity index (χ0n) is 14.0. The number of nitrogens with one attached hydrogen (secondary N) is 1. The van der Waals surface area contributed by atoms with Crippen LogP contribution >= 0.6 is 0 Å². The van der Waals surface area contributed by atoms with E-state index in [1.54, 1.807) is 0 Å². The molecule has 4 heteroatoms. The molecule has 0 rings (SSSR count). The van der Waals surface area contributed by atoms with Crippen LogP contribution in [0, 0.1) is 5.92 Å². The maximum atomic E-state index is 5.51. The second-order valence-corrected chi connectivity index (χ2v) is 5.68. The average Bonchev–Trinajstić information content (AvgIpc) is 2.39. The fraction of sp³-hybridized carbons (Fsp3) is 1.00. The molecular weight excluding hydrogens is 254 g/mol. The lowest BCUT2D eigenvalue weighted by molar-refractivity contribution is 0.0144. The smallest absolute Gasteiger partial charge is 0.0701 e. The Morgan fingerprint density at radius 2 is 1.35 bits per heavy atom. The van der Waals surface area contributed by atoms with Gasteiger partial charge in [-0.05, 0) is 25.7 Å². The standard InChI is InChI=1S/C16H35NO3/c1-5-6-8-18-10-12-20-13-11-19-9-7-17-16(4)14-15(2)3/h15-17H,5-14H2,1-4H3. The van der Waals surface area contributed by atoms with Crippen LogP contribution in [0.4, 0.5) is 0 Å². The lowest BCUT2D eigenvalue weighted by atomic mass is 10.1. The van der Waals surface area contributed by atoms with Crippen LogP contribution in [-0.4, -0.2) is 52.2 Å². The van der Waals surface area contributed by atoms with E-state index in [1.807, 2.05) is 0 Å². The van der Waals surface area contributed by atoms with E-state index in [1.165, 1.54) is 12.8 Å². The van der Waals surface area contributed by atoms with E-state index in [0.29, 0.717) is 32.5 Å². The third kappa shape index (κ3) is 15.9. The Bertz CT molecular complexity index is 189. The lowest BCUT2D eigenvalue weighted by Gasteiger charge is -2.15. The minimum absolute atomic E-state index is 0.565. The first-order valence-corrected chi connectivity index (χ1v) is 8.13. The van der Waals surface area contributed by atoms with Crippen LogP contribution in [0.1, 0.15) is 47.0 Å². The molecule has 0 amide bonds. The van der Waals surface area contributed by atoms with Gasteiger partial charge < -0.3 is 19.5 Å². The van der Waals surface area contributed by atoms with Gasteiger partial charge in [-0.15, -0.1) is 0 Å². The predicted molar refractivity (Wildman–Crippen MR) is 84.3 cm³/mol. The van der Waals surface area contributed by atoms with Gasteiger partial charge >= 0.3 is 0 Å². The predicted octanol–water partition coefficient (Wildman–Crippen LogP) is 2.86. The van der Waals surface area contributed by atoms with Crippen molar-refractivity contribution in [1.82, 2.24) is 5.32 Å². The Morgan fingerprint density at radius 3 is 1.90 bits per heavy atom. The maximum Gasteiger partial charge on any atom is 0.0701 e. The average molecular weight is 289 g/mol. The summed E-state index contributed by atoms with van der Waals surface area (Å²) in [6, 6.07) is 0.565. The molecule has 0 aromatic heterocycles. The van der Waals surface area contributed by atoms with Crippen molar-refractivity contribution in [3.63, 3.8) is 0 Å². The van der Waals surface area contributed by atoms with Gasteiger partial charge in [0.25, 0.3) is 0 Å². The molecule has 122 valence electrons. The topological polar surface area (TPSA) is 39.7 Å². The second kappa shape index (κ2) is 15.2. The Labute approximate surface area is 125 Å². The molecule has 0 aliphatic heterocycles. The first kappa shape index (κ1) is 19.8. The highest BCUT2D eigenvalue weighted by atomic mass is 16.5. The first-order valence-electron chi connectivity index (χ1n) is 8.13. The van der Waals surface area contributed by atoms with E-state index in [4.69, 9.17) is 14.2 Å². The van der Waals surface area contributed by atoms with Crippen LogP contribution in [0.5, 0.6) is 0 Å². The summed E-state index contributed by atoms with van der Waals surface area (Å²) >= 11 is 0. The molecule has 0 saturated carbocycles.